The summed E-state index contributed by atoms with van der Waals surface area (Å²) in [4.78, 5) is 0. The van der Waals surface area contributed by atoms with Crippen LogP contribution in [0, 0.1) is 5.41 Å². The Balaban J connectivity index is 2.48. The molecule has 0 unspecified atom stereocenters. The van der Waals surface area contributed by atoms with Gasteiger partial charge >= 0.3 is 0 Å². The van der Waals surface area contributed by atoms with Gasteiger partial charge in [0.1, 0.15) is 5.75 Å². The maximum Gasteiger partial charge on any atom is 0.120 e. The largest absolute Gasteiger partial charge is 0.497 e. The van der Waals surface area contributed by atoms with E-state index >= 15 is 0 Å². The fourth-order valence-corrected chi connectivity index (χ4v) is 2.71. The SMILES string of the molecule is COc1ccc(CCC(C)(C)CCNC(C)C)c(Br)c1. The van der Waals surface area contributed by atoms with E-state index in [9.17, 15) is 0 Å². The van der Waals surface area contributed by atoms with E-state index in [-0.39, 0.29) is 0 Å². The molecule has 0 saturated heterocycles. The van der Waals surface area contributed by atoms with Gasteiger partial charge in [0.15, 0.2) is 0 Å². The van der Waals surface area contributed by atoms with Crippen LogP contribution < -0.4 is 10.1 Å². The highest BCUT2D eigenvalue weighted by Crippen LogP contribution is 2.30. The topological polar surface area (TPSA) is 21.3 Å². The lowest BCUT2D eigenvalue weighted by Crippen LogP contribution is -2.28. The molecule has 1 N–H and O–H groups in total. The van der Waals surface area contributed by atoms with Crippen LogP contribution in [0.4, 0.5) is 0 Å². The second kappa shape index (κ2) is 8.04. The number of ether oxygens (including phenoxy) is 1. The highest BCUT2D eigenvalue weighted by Gasteiger charge is 2.18. The van der Waals surface area contributed by atoms with E-state index in [1.165, 1.54) is 18.4 Å². The van der Waals surface area contributed by atoms with E-state index in [4.69, 9.17) is 4.74 Å². The highest BCUT2D eigenvalue weighted by molar-refractivity contribution is 9.10. The van der Waals surface area contributed by atoms with Gasteiger partial charge in [0.05, 0.1) is 7.11 Å². The zero-order valence-electron chi connectivity index (χ0n) is 13.4. The normalized spacial score (nSPS) is 11.9. The molecule has 0 aliphatic carbocycles. The van der Waals surface area contributed by atoms with E-state index in [0.29, 0.717) is 11.5 Å². The molecule has 0 amide bonds. The van der Waals surface area contributed by atoms with E-state index < -0.39 is 0 Å². The molecule has 0 radical (unpaired) electrons. The minimum atomic E-state index is 0.362. The predicted octanol–water partition coefficient (Wildman–Crippen LogP) is 4.80. The molecule has 0 fully saturated rings. The van der Waals surface area contributed by atoms with Gasteiger partial charge in [0.25, 0.3) is 0 Å². The van der Waals surface area contributed by atoms with E-state index in [1.807, 2.05) is 12.1 Å². The average molecular weight is 342 g/mol. The van der Waals surface area contributed by atoms with Crippen molar-refractivity contribution in [2.75, 3.05) is 13.7 Å². The molecule has 0 spiro atoms. The molecule has 0 aliphatic heterocycles. The molecule has 3 heteroatoms. The third-order valence-corrected chi connectivity index (χ3v) is 4.42. The number of benzene rings is 1. The predicted molar refractivity (Wildman–Crippen MR) is 90.6 cm³/mol. The first-order valence-electron chi connectivity index (χ1n) is 7.40. The quantitative estimate of drug-likeness (QED) is 0.732. The molecule has 114 valence electrons. The number of aryl methyl sites for hydroxylation is 1. The van der Waals surface area contributed by atoms with Crippen LogP contribution >= 0.6 is 15.9 Å². The summed E-state index contributed by atoms with van der Waals surface area (Å²) in [6.07, 6.45) is 3.50. The molecule has 0 aliphatic rings. The van der Waals surface area contributed by atoms with Gasteiger partial charge in [-0.1, -0.05) is 49.7 Å². The summed E-state index contributed by atoms with van der Waals surface area (Å²) in [6, 6.07) is 6.81. The van der Waals surface area contributed by atoms with Crippen molar-refractivity contribution in [3.05, 3.63) is 28.2 Å². The Bertz CT molecular complexity index is 415. The average Bonchev–Trinajstić information content (AvgIpc) is 2.36. The molecule has 0 aromatic heterocycles. The Labute approximate surface area is 132 Å². The van der Waals surface area contributed by atoms with Crippen LogP contribution in [0.2, 0.25) is 0 Å². The van der Waals surface area contributed by atoms with Gasteiger partial charge in [0.2, 0.25) is 0 Å². The van der Waals surface area contributed by atoms with Gasteiger partial charge in [-0.3, -0.25) is 0 Å². The fourth-order valence-electron chi connectivity index (χ4n) is 2.16. The number of hydrogen-bond acceptors (Lipinski definition) is 2. The summed E-state index contributed by atoms with van der Waals surface area (Å²) >= 11 is 3.64. The molecule has 2 nitrogen and oxygen atoms in total. The van der Waals surface area contributed by atoms with Crippen LogP contribution in [0.1, 0.15) is 46.1 Å². The zero-order valence-corrected chi connectivity index (χ0v) is 15.0. The number of hydrogen-bond donors (Lipinski definition) is 1. The van der Waals surface area contributed by atoms with Gasteiger partial charge in [-0.15, -0.1) is 0 Å². The highest BCUT2D eigenvalue weighted by atomic mass is 79.9. The number of methoxy groups -OCH3 is 1. The smallest absolute Gasteiger partial charge is 0.120 e. The lowest BCUT2D eigenvalue weighted by molar-refractivity contribution is 0.298. The van der Waals surface area contributed by atoms with Gasteiger partial charge in [-0.05, 0) is 48.9 Å². The van der Waals surface area contributed by atoms with Gasteiger partial charge in [-0.25, -0.2) is 0 Å². The van der Waals surface area contributed by atoms with Gasteiger partial charge < -0.3 is 10.1 Å². The summed E-state index contributed by atoms with van der Waals surface area (Å²) in [5.41, 5.74) is 1.72. The van der Waals surface area contributed by atoms with Crippen LogP contribution in [-0.4, -0.2) is 19.7 Å². The van der Waals surface area contributed by atoms with E-state index in [0.717, 1.165) is 23.2 Å². The standard InChI is InChI=1S/C17H28BrNO/c1-13(2)19-11-10-17(3,4)9-8-14-6-7-15(20-5)12-16(14)18/h6-7,12-13,19H,8-11H2,1-5H3. The van der Waals surface area contributed by atoms with E-state index in [1.54, 1.807) is 7.11 Å². The first kappa shape index (κ1) is 17.5. The van der Waals surface area contributed by atoms with Crippen LogP contribution in [0.5, 0.6) is 5.75 Å². The lowest BCUT2D eigenvalue weighted by Gasteiger charge is -2.25. The Morgan fingerprint density at radius 3 is 2.50 bits per heavy atom. The molecule has 0 atom stereocenters. The fraction of sp³-hybridized carbons (Fsp3) is 0.647. The summed E-state index contributed by atoms with van der Waals surface area (Å²) in [5.74, 6) is 0.904. The summed E-state index contributed by atoms with van der Waals surface area (Å²) < 4.78 is 6.38. The molecule has 20 heavy (non-hydrogen) atoms. The first-order valence-corrected chi connectivity index (χ1v) is 8.19. The van der Waals surface area contributed by atoms with Crippen molar-refractivity contribution in [3.63, 3.8) is 0 Å². The van der Waals surface area contributed by atoms with E-state index in [2.05, 4.69) is 55.0 Å². The minimum Gasteiger partial charge on any atom is -0.497 e. The molecule has 1 aromatic rings. The third-order valence-electron chi connectivity index (χ3n) is 3.69. The molecule has 1 rings (SSSR count). The van der Waals surface area contributed by atoms with Crippen molar-refractivity contribution < 1.29 is 4.74 Å². The molecular weight excluding hydrogens is 314 g/mol. The van der Waals surface area contributed by atoms with Crippen molar-refractivity contribution in [2.45, 2.75) is 53.0 Å². The Kier molecular flexibility index (Phi) is 7.04. The molecule has 0 bridgehead atoms. The van der Waals surface area contributed by atoms with Crippen molar-refractivity contribution in [2.24, 2.45) is 5.41 Å². The second-order valence-electron chi connectivity index (χ2n) is 6.48. The van der Waals surface area contributed by atoms with Crippen molar-refractivity contribution in [1.29, 1.82) is 0 Å². The Hall–Kier alpha value is -0.540. The van der Waals surface area contributed by atoms with Gasteiger partial charge in [-0.2, -0.15) is 0 Å². The summed E-state index contributed by atoms with van der Waals surface area (Å²) in [5, 5.41) is 3.50. The molecule has 0 heterocycles. The van der Waals surface area contributed by atoms with Crippen LogP contribution in [-0.2, 0) is 6.42 Å². The lowest BCUT2D eigenvalue weighted by atomic mass is 9.83. The van der Waals surface area contributed by atoms with Crippen molar-refractivity contribution >= 4 is 15.9 Å². The number of nitrogens with one attached hydrogen (secondary N) is 1. The maximum atomic E-state index is 5.23. The molecule has 1 aromatic carbocycles. The summed E-state index contributed by atoms with van der Waals surface area (Å²) in [6.45, 7) is 10.2. The monoisotopic (exact) mass is 341 g/mol. The molecule has 0 saturated carbocycles. The Morgan fingerprint density at radius 1 is 1.25 bits per heavy atom. The third kappa shape index (κ3) is 6.27. The van der Waals surface area contributed by atoms with Crippen molar-refractivity contribution in [3.8, 4) is 5.75 Å². The zero-order chi connectivity index (χ0) is 15.2. The number of halogens is 1. The van der Waals surface area contributed by atoms with Crippen LogP contribution in [0.3, 0.4) is 0 Å². The first-order chi connectivity index (χ1) is 9.34. The van der Waals surface area contributed by atoms with Crippen LogP contribution in [0.15, 0.2) is 22.7 Å². The minimum absolute atomic E-state index is 0.362. The number of rotatable bonds is 8. The Morgan fingerprint density at radius 2 is 1.95 bits per heavy atom. The second-order valence-corrected chi connectivity index (χ2v) is 7.33. The van der Waals surface area contributed by atoms with Crippen molar-refractivity contribution in [1.82, 2.24) is 5.32 Å². The summed E-state index contributed by atoms with van der Waals surface area (Å²) in [7, 11) is 1.70. The van der Waals surface area contributed by atoms with Gasteiger partial charge in [0, 0.05) is 10.5 Å². The maximum absolute atomic E-state index is 5.23. The molecular formula is C17H28BrNO. The van der Waals surface area contributed by atoms with Crippen LogP contribution in [0.25, 0.3) is 0 Å².